The molecular weight excluding hydrogens is 489 g/mol. The van der Waals surface area contributed by atoms with Crippen molar-refractivity contribution in [2.45, 2.75) is 33.9 Å². The largest absolute Gasteiger partial charge is 0.357 e. The van der Waals surface area contributed by atoms with Gasteiger partial charge in [0.2, 0.25) is 0 Å². The second kappa shape index (κ2) is 9.63. The van der Waals surface area contributed by atoms with E-state index in [9.17, 15) is 0 Å². The molecule has 2 rings (SSSR count). The first kappa shape index (κ1) is 20.4. The van der Waals surface area contributed by atoms with E-state index < -0.39 is 0 Å². The average Bonchev–Trinajstić information content (AvgIpc) is 2.99. The number of thiophene rings is 1. The zero-order valence-corrected chi connectivity index (χ0v) is 18.5. The summed E-state index contributed by atoms with van der Waals surface area (Å²) in [6, 6.07) is 2.12. The second-order valence-electron chi connectivity index (χ2n) is 5.05. The van der Waals surface area contributed by atoms with Gasteiger partial charge in [0.25, 0.3) is 0 Å². The Balaban J connectivity index is 0.00000264. The van der Waals surface area contributed by atoms with Crippen molar-refractivity contribution in [1.29, 1.82) is 0 Å². The SMILES string of the molecule is CCNC(=NCc1c(C)nn(C)c1C)NCc1cc(Br)cs1.I. The molecule has 0 atom stereocenters. The molecule has 0 amide bonds. The van der Waals surface area contributed by atoms with E-state index in [-0.39, 0.29) is 24.0 Å². The van der Waals surface area contributed by atoms with Crippen LogP contribution in [0.25, 0.3) is 0 Å². The van der Waals surface area contributed by atoms with Crippen LogP contribution in [-0.4, -0.2) is 22.3 Å². The minimum Gasteiger partial charge on any atom is -0.357 e. The maximum atomic E-state index is 4.67. The summed E-state index contributed by atoms with van der Waals surface area (Å²) in [6.07, 6.45) is 0. The molecule has 5 nitrogen and oxygen atoms in total. The normalized spacial score (nSPS) is 11.3. The number of halogens is 2. The number of aromatic nitrogens is 2. The fraction of sp³-hybridized carbons (Fsp3) is 0.467. The molecule has 128 valence electrons. The number of aryl methyl sites for hydroxylation is 2. The number of aliphatic imine (C=N–C) groups is 1. The highest BCUT2D eigenvalue weighted by Crippen LogP contribution is 2.19. The molecule has 0 fully saturated rings. The van der Waals surface area contributed by atoms with Crippen molar-refractivity contribution in [2.24, 2.45) is 12.0 Å². The maximum absolute atomic E-state index is 4.67. The number of rotatable bonds is 5. The van der Waals surface area contributed by atoms with E-state index in [1.54, 1.807) is 11.3 Å². The summed E-state index contributed by atoms with van der Waals surface area (Å²) in [4.78, 5) is 5.94. The molecule has 0 spiro atoms. The third kappa shape index (κ3) is 5.75. The lowest BCUT2D eigenvalue weighted by Gasteiger charge is -2.10. The summed E-state index contributed by atoms with van der Waals surface area (Å²) in [7, 11) is 1.97. The van der Waals surface area contributed by atoms with Gasteiger partial charge in [0.1, 0.15) is 0 Å². The molecule has 8 heteroatoms. The zero-order chi connectivity index (χ0) is 16.1. The average molecular weight is 512 g/mol. The molecule has 0 saturated heterocycles. The summed E-state index contributed by atoms with van der Waals surface area (Å²) < 4.78 is 3.03. The lowest BCUT2D eigenvalue weighted by atomic mass is 10.2. The molecule has 2 N–H and O–H groups in total. The molecule has 2 aromatic heterocycles. The van der Waals surface area contributed by atoms with Gasteiger partial charge in [-0.3, -0.25) is 4.68 Å². The van der Waals surface area contributed by atoms with Gasteiger partial charge in [-0.25, -0.2) is 4.99 Å². The van der Waals surface area contributed by atoms with Gasteiger partial charge >= 0.3 is 0 Å². The Morgan fingerprint density at radius 1 is 1.39 bits per heavy atom. The van der Waals surface area contributed by atoms with E-state index in [0.717, 1.165) is 29.2 Å². The summed E-state index contributed by atoms with van der Waals surface area (Å²) in [5, 5.41) is 13.2. The van der Waals surface area contributed by atoms with E-state index in [1.807, 2.05) is 18.7 Å². The van der Waals surface area contributed by atoms with Crippen LogP contribution in [0.4, 0.5) is 0 Å². The van der Waals surface area contributed by atoms with Crippen LogP contribution < -0.4 is 10.6 Å². The van der Waals surface area contributed by atoms with Crippen LogP contribution in [-0.2, 0) is 20.1 Å². The summed E-state index contributed by atoms with van der Waals surface area (Å²) in [6.45, 7) is 8.42. The smallest absolute Gasteiger partial charge is 0.191 e. The van der Waals surface area contributed by atoms with Gasteiger partial charge in [-0.1, -0.05) is 0 Å². The van der Waals surface area contributed by atoms with Crippen LogP contribution in [0.3, 0.4) is 0 Å². The van der Waals surface area contributed by atoms with Gasteiger partial charge in [-0.05, 0) is 42.8 Å². The molecule has 0 radical (unpaired) electrons. The number of nitrogens with zero attached hydrogens (tertiary/aromatic N) is 3. The van der Waals surface area contributed by atoms with Crippen molar-refractivity contribution in [3.63, 3.8) is 0 Å². The van der Waals surface area contributed by atoms with Crippen LogP contribution in [0.15, 0.2) is 20.9 Å². The van der Waals surface area contributed by atoms with Crippen LogP contribution in [0.5, 0.6) is 0 Å². The van der Waals surface area contributed by atoms with E-state index in [4.69, 9.17) is 0 Å². The highest BCUT2D eigenvalue weighted by Gasteiger charge is 2.09. The Labute approximate surface area is 167 Å². The molecule has 0 unspecified atom stereocenters. The van der Waals surface area contributed by atoms with E-state index in [1.165, 1.54) is 16.1 Å². The van der Waals surface area contributed by atoms with Crippen LogP contribution in [0.1, 0.15) is 28.8 Å². The summed E-state index contributed by atoms with van der Waals surface area (Å²) >= 11 is 5.20. The van der Waals surface area contributed by atoms with Crippen molar-refractivity contribution in [1.82, 2.24) is 20.4 Å². The van der Waals surface area contributed by atoms with Crippen LogP contribution >= 0.6 is 51.2 Å². The third-order valence-electron chi connectivity index (χ3n) is 3.45. The van der Waals surface area contributed by atoms with Gasteiger partial charge in [-0.15, -0.1) is 35.3 Å². The lowest BCUT2D eigenvalue weighted by Crippen LogP contribution is -2.36. The monoisotopic (exact) mass is 511 g/mol. The third-order valence-corrected chi connectivity index (χ3v) is 5.15. The predicted molar refractivity (Wildman–Crippen MR) is 112 cm³/mol. The molecule has 23 heavy (non-hydrogen) atoms. The van der Waals surface area contributed by atoms with Crippen molar-refractivity contribution in [3.05, 3.63) is 37.7 Å². The number of hydrogen-bond acceptors (Lipinski definition) is 3. The van der Waals surface area contributed by atoms with Crippen molar-refractivity contribution < 1.29 is 0 Å². The van der Waals surface area contributed by atoms with Gasteiger partial charge in [-0.2, -0.15) is 5.10 Å². The molecule has 0 aliphatic rings. The van der Waals surface area contributed by atoms with E-state index >= 15 is 0 Å². The Kier molecular flexibility index (Phi) is 8.56. The topological polar surface area (TPSA) is 54.2 Å². The lowest BCUT2D eigenvalue weighted by molar-refractivity contribution is 0.730. The Morgan fingerprint density at radius 3 is 2.65 bits per heavy atom. The fourth-order valence-electron chi connectivity index (χ4n) is 2.16. The predicted octanol–water partition coefficient (Wildman–Crippen LogP) is 3.73. The first-order valence-corrected chi connectivity index (χ1v) is 8.92. The minimum atomic E-state index is 0. The highest BCUT2D eigenvalue weighted by molar-refractivity contribution is 14.0. The Hall–Kier alpha value is -0.610. The molecule has 0 aliphatic carbocycles. The van der Waals surface area contributed by atoms with Gasteiger partial charge < -0.3 is 10.6 Å². The van der Waals surface area contributed by atoms with E-state index in [2.05, 4.69) is 61.9 Å². The molecule has 2 heterocycles. The highest BCUT2D eigenvalue weighted by atomic mass is 127. The molecule has 2 aromatic rings. The standard InChI is InChI=1S/C15H22BrN5S.HI/c1-5-17-15(18-7-13-6-12(16)9-22-13)19-8-14-10(2)20-21(4)11(14)3;/h6,9H,5,7-8H2,1-4H3,(H2,17,18,19);1H. The van der Waals surface area contributed by atoms with Gasteiger partial charge in [0.05, 0.1) is 18.8 Å². The number of hydrogen-bond donors (Lipinski definition) is 2. The summed E-state index contributed by atoms with van der Waals surface area (Å²) in [5.74, 6) is 0.828. The quantitative estimate of drug-likeness (QED) is 0.365. The Bertz CT molecular complexity index is 665. The van der Waals surface area contributed by atoms with Crippen LogP contribution in [0, 0.1) is 13.8 Å². The molecule has 0 bridgehead atoms. The van der Waals surface area contributed by atoms with Gasteiger partial charge in [0, 0.05) is 39.6 Å². The van der Waals surface area contributed by atoms with Crippen molar-refractivity contribution in [2.75, 3.05) is 6.54 Å². The first-order valence-electron chi connectivity index (χ1n) is 7.25. The van der Waals surface area contributed by atoms with Crippen LogP contribution in [0.2, 0.25) is 0 Å². The fourth-order valence-corrected chi connectivity index (χ4v) is 3.55. The van der Waals surface area contributed by atoms with E-state index in [0.29, 0.717) is 6.54 Å². The molecule has 0 aliphatic heterocycles. The first-order chi connectivity index (χ1) is 10.5. The van der Waals surface area contributed by atoms with Crippen molar-refractivity contribution >= 4 is 57.2 Å². The molecular formula is C15H23BrIN5S. The van der Waals surface area contributed by atoms with Gasteiger partial charge in [0.15, 0.2) is 5.96 Å². The number of guanidine groups is 1. The summed E-state index contributed by atoms with van der Waals surface area (Å²) in [5.41, 5.74) is 3.40. The Morgan fingerprint density at radius 2 is 2.13 bits per heavy atom. The maximum Gasteiger partial charge on any atom is 0.191 e. The second-order valence-corrected chi connectivity index (χ2v) is 6.96. The zero-order valence-electron chi connectivity index (χ0n) is 13.8. The molecule has 0 aromatic carbocycles. The minimum absolute atomic E-state index is 0. The van der Waals surface area contributed by atoms with Crippen molar-refractivity contribution in [3.8, 4) is 0 Å². The number of nitrogens with one attached hydrogen (secondary N) is 2. The molecule has 0 saturated carbocycles.